The molecule has 4 heterocycles. The van der Waals surface area contributed by atoms with Gasteiger partial charge in [0.25, 0.3) is 0 Å². The van der Waals surface area contributed by atoms with Crippen LogP contribution in [-0.4, -0.2) is 72.1 Å². The summed E-state index contributed by atoms with van der Waals surface area (Å²) in [7, 11) is 1.89. The van der Waals surface area contributed by atoms with Crippen LogP contribution in [0, 0.1) is 0 Å². The Morgan fingerprint density at radius 1 is 1.27 bits per heavy atom. The fourth-order valence-corrected chi connectivity index (χ4v) is 4.47. The topological polar surface area (TPSA) is 116 Å². The van der Waals surface area contributed by atoms with Crippen molar-refractivity contribution in [3.8, 4) is 0 Å². The molecule has 3 fully saturated rings. The monoisotopic (exact) mass is 445 g/mol. The Morgan fingerprint density at radius 2 is 2.00 bits per heavy atom. The van der Waals surface area contributed by atoms with E-state index in [1.54, 1.807) is 39.0 Å². The molecule has 170 valence electrons. The van der Waals surface area contributed by atoms with Crippen LogP contribution in [-0.2, 0) is 28.5 Å². The van der Waals surface area contributed by atoms with Crippen LogP contribution in [0.15, 0.2) is 17.5 Å². The number of aliphatic carboxylic acids is 1. The summed E-state index contributed by atoms with van der Waals surface area (Å²) >= 11 is 1.60. The molecule has 3 N–H and O–H groups in total. The Balaban J connectivity index is 0.000000199. The maximum Gasteiger partial charge on any atom is 0.367 e. The number of thiophene rings is 1. The van der Waals surface area contributed by atoms with Gasteiger partial charge >= 0.3 is 11.8 Å². The third-order valence-corrected chi connectivity index (χ3v) is 6.00. The smallest absolute Gasteiger partial charge is 0.367 e. The van der Waals surface area contributed by atoms with Gasteiger partial charge in [0.2, 0.25) is 0 Å². The zero-order chi connectivity index (χ0) is 22.2. The molecule has 1 aromatic heterocycles. The number of hydrogen-bond acceptors (Lipinski definition) is 9. The van der Waals surface area contributed by atoms with Crippen molar-refractivity contribution in [1.29, 1.82) is 0 Å². The first-order valence-corrected chi connectivity index (χ1v) is 10.8. The molecule has 0 radical (unpaired) electrons. The minimum Gasteiger partial charge on any atom is -0.477 e. The van der Waals surface area contributed by atoms with Gasteiger partial charge in [0.15, 0.2) is 17.7 Å². The number of ether oxygens (including phenoxy) is 5. The van der Waals surface area contributed by atoms with E-state index >= 15 is 0 Å². The van der Waals surface area contributed by atoms with Gasteiger partial charge in [-0.05, 0) is 59.2 Å². The minimum atomic E-state index is -1.82. The molecule has 4 rings (SSSR count). The summed E-state index contributed by atoms with van der Waals surface area (Å²) in [6.45, 7) is 7.95. The number of hydrogen-bond donors (Lipinski definition) is 3. The van der Waals surface area contributed by atoms with Gasteiger partial charge in [0.05, 0.1) is 12.7 Å². The molecule has 0 aliphatic carbocycles. The molecule has 3 aliphatic rings. The highest BCUT2D eigenvalue weighted by Gasteiger charge is 2.71. The lowest BCUT2D eigenvalue weighted by molar-refractivity contribution is -0.325. The molecule has 30 heavy (non-hydrogen) atoms. The molecule has 9 nitrogen and oxygen atoms in total. The minimum absolute atomic E-state index is 0.246. The van der Waals surface area contributed by atoms with Gasteiger partial charge in [-0.25, -0.2) is 4.79 Å². The fraction of sp³-hybridized carbons (Fsp3) is 0.750. The predicted molar refractivity (Wildman–Crippen MR) is 108 cm³/mol. The summed E-state index contributed by atoms with van der Waals surface area (Å²) in [6, 6.07) is 3.92. The van der Waals surface area contributed by atoms with E-state index in [-0.39, 0.29) is 12.7 Å². The number of nitrogens with one attached hydrogen (secondary N) is 1. The molecule has 3 saturated heterocycles. The number of rotatable bonds is 5. The van der Waals surface area contributed by atoms with Crippen molar-refractivity contribution in [2.24, 2.45) is 0 Å². The molecule has 5 atom stereocenters. The maximum atomic E-state index is 11.6. The molecular weight excluding hydrogens is 414 g/mol. The van der Waals surface area contributed by atoms with Crippen molar-refractivity contribution in [2.75, 3.05) is 20.2 Å². The van der Waals surface area contributed by atoms with Crippen LogP contribution in [0.4, 0.5) is 0 Å². The van der Waals surface area contributed by atoms with Crippen molar-refractivity contribution in [3.63, 3.8) is 0 Å². The van der Waals surface area contributed by atoms with Crippen molar-refractivity contribution in [3.05, 3.63) is 22.4 Å². The van der Waals surface area contributed by atoms with Gasteiger partial charge in [-0.3, -0.25) is 0 Å². The van der Waals surface area contributed by atoms with Crippen LogP contribution in [0.3, 0.4) is 0 Å². The second kappa shape index (κ2) is 8.79. The number of aliphatic hydroxyl groups is 1. The fourth-order valence-electron chi connectivity index (χ4n) is 3.72. The first kappa shape index (κ1) is 23.6. The van der Waals surface area contributed by atoms with Crippen LogP contribution >= 0.6 is 11.3 Å². The van der Waals surface area contributed by atoms with Crippen LogP contribution in [0.25, 0.3) is 0 Å². The number of carboxylic acid groups (broad SMARTS) is 1. The molecule has 0 bridgehead atoms. The number of aliphatic hydroxyl groups excluding tert-OH is 1. The van der Waals surface area contributed by atoms with E-state index in [0.29, 0.717) is 0 Å². The molecule has 0 unspecified atom stereocenters. The second-order valence-electron chi connectivity index (χ2n) is 8.39. The van der Waals surface area contributed by atoms with Gasteiger partial charge < -0.3 is 39.2 Å². The van der Waals surface area contributed by atoms with Crippen LogP contribution < -0.4 is 5.32 Å². The lowest BCUT2D eigenvalue weighted by Crippen LogP contribution is -2.52. The first-order chi connectivity index (χ1) is 14.0. The Kier molecular flexibility index (Phi) is 6.90. The Bertz CT molecular complexity index is 724. The van der Waals surface area contributed by atoms with Crippen LogP contribution in [0.1, 0.15) is 45.1 Å². The van der Waals surface area contributed by atoms with Gasteiger partial charge in [-0.1, -0.05) is 6.07 Å². The summed E-state index contributed by atoms with van der Waals surface area (Å²) < 4.78 is 28.0. The summed E-state index contributed by atoms with van der Waals surface area (Å²) in [5.74, 6) is -4.85. The van der Waals surface area contributed by atoms with E-state index in [2.05, 4.69) is 5.32 Å². The third-order valence-electron chi connectivity index (χ3n) is 5.03. The van der Waals surface area contributed by atoms with E-state index in [1.165, 1.54) is 0 Å². The van der Waals surface area contributed by atoms with Gasteiger partial charge in [0.1, 0.15) is 12.2 Å². The van der Waals surface area contributed by atoms with Crippen molar-refractivity contribution < 1.29 is 38.7 Å². The quantitative estimate of drug-likeness (QED) is 0.624. The van der Waals surface area contributed by atoms with Gasteiger partial charge in [-0.2, -0.15) is 0 Å². The zero-order valence-corrected chi connectivity index (χ0v) is 18.7. The van der Waals surface area contributed by atoms with E-state index in [4.69, 9.17) is 23.7 Å². The van der Waals surface area contributed by atoms with Crippen molar-refractivity contribution in [1.82, 2.24) is 5.32 Å². The van der Waals surface area contributed by atoms with Crippen LogP contribution in [0.2, 0.25) is 0 Å². The summed E-state index contributed by atoms with van der Waals surface area (Å²) in [6.07, 6.45) is -1.35. The van der Waals surface area contributed by atoms with Gasteiger partial charge in [-0.15, -0.1) is 11.3 Å². The molecule has 0 saturated carbocycles. The lowest BCUT2D eigenvalue weighted by atomic mass is 10.0. The normalized spacial score (nSPS) is 34.4. The summed E-state index contributed by atoms with van der Waals surface area (Å²) in [5.41, 5.74) is 0. The largest absolute Gasteiger partial charge is 0.477 e. The number of fused-ring (bicyclic) bond motifs is 3. The maximum absolute atomic E-state index is 11.6. The standard InChI is InChI=1S/C12H18O7.C8H13NOS/c1-10(2)15-5-6-7(17-10)8-12(16-6,9(13)14)19-11(3,4)18-8;1-9-5-4-7(10)8-3-2-6-11-8/h6-8H,5H2,1-4H3,(H,13,14);2-3,6-7,9-10H,4-5H2,1H3/t6-,7+,8-,12+;7-/m11/s1. The van der Waals surface area contributed by atoms with E-state index in [1.807, 2.05) is 24.6 Å². The molecule has 0 spiro atoms. The predicted octanol–water partition coefficient (Wildman–Crippen LogP) is 1.86. The zero-order valence-electron chi connectivity index (χ0n) is 17.9. The molecule has 0 amide bonds. The highest BCUT2D eigenvalue weighted by molar-refractivity contribution is 7.10. The third kappa shape index (κ3) is 4.86. The van der Waals surface area contributed by atoms with Crippen LogP contribution in [0.5, 0.6) is 0 Å². The van der Waals surface area contributed by atoms with Crippen molar-refractivity contribution >= 4 is 17.3 Å². The lowest BCUT2D eigenvalue weighted by Gasteiger charge is -2.38. The highest BCUT2D eigenvalue weighted by Crippen LogP contribution is 2.48. The number of carboxylic acids is 1. The van der Waals surface area contributed by atoms with E-state index in [0.717, 1.165) is 17.8 Å². The van der Waals surface area contributed by atoms with E-state index in [9.17, 15) is 15.0 Å². The van der Waals surface area contributed by atoms with E-state index < -0.39 is 41.6 Å². The SMILES string of the molecule is CC1(C)OC[C@H]2O[C@]3(C(=O)O)OC(C)(C)O[C@@H]3[C@H]2O1.CNCC[C@@H](O)c1cccs1. The Morgan fingerprint density at radius 3 is 2.60 bits per heavy atom. The second-order valence-corrected chi connectivity index (χ2v) is 9.37. The molecular formula is C20H31NO8S. The highest BCUT2D eigenvalue weighted by atomic mass is 32.1. The summed E-state index contributed by atoms with van der Waals surface area (Å²) in [5, 5.41) is 24.0. The molecule has 0 aromatic carbocycles. The number of carbonyl (C=O) groups is 1. The average Bonchev–Trinajstić information content (AvgIpc) is 3.33. The average molecular weight is 446 g/mol. The molecule has 10 heteroatoms. The first-order valence-electron chi connectivity index (χ1n) is 9.97. The Hall–Kier alpha value is -1.11. The molecule has 3 aliphatic heterocycles. The van der Waals surface area contributed by atoms with Crippen molar-refractivity contribution in [2.45, 2.75) is 75.9 Å². The van der Waals surface area contributed by atoms with Gasteiger partial charge in [0, 0.05) is 4.88 Å². The molecule has 1 aromatic rings. The summed E-state index contributed by atoms with van der Waals surface area (Å²) in [4.78, 5) is 12.6. The Labute approximate surface area is 180 Å².